The van der Waals surface area contributed by atoms with Crippen LogP contribution in [-0.2, 0) is 18.1 Å². The first-order valence-corrected chi connectivity index (χ1v) is 9.98. The topological polar surface area (TPSA) is 40.2 Å². The molecule has 0 N–H and O–H groups in total. The molecule has 0 aliphatic heterocycles. The minimum Gasteiger partial charge on any atom is -0.377 e. The van der Waals surface area contributed by atoms with Gasteiger partial charge in [-0.2, -0.15) is 5.06 Å². The van der Waals surface area contributed by atoms with E-state index >= 15 is 0 Å². The Kier molecular flexibility index (Phi) is 13.7. The molecule has 0 aromatic rings. The van der Waals surface area contributed by atoms with E-state index in [0.717, 1.165) is 19.0 Å². The van der Waals surface area contributed by atoms with Crippen molar-refractivity contribution in [1.82, 2.24) is 5.06 Å². The SMILES string of the molecule is CON(C)CCCCCCCCCC[Si](OC)(OC)OC. The van der Waals surface area contributed by atoms with Crippen molar-refractivity contribution in [2.45, 2.75) is 57.4 Å². The van der Waals surface area contributed by atoms with Crippen LogP contribution >= 0.6 is 0 Å². The Bertz CT molecular complexity index is 219. The molecule has 5 nitrogen and oxygen atoms in total. The van der Waals surface area contributed by atoms with Crippen LogP contribution in [0.4, 0.5) is 0 Å². The zero-order valence-electron chi connectivity index (χ0n) is 14.7. The van der Waals surface area contributed by atoms with Gasteiger partial charge in [0.05, 0.1) is 7.11 Å². The molecule has 128 valence electrons. The van der Waals surface area contributed by atoms with Crippen LogP contribution in [0.25, 0.3) is 0 Å². The van der Waals surface area contributed by atoms with Crippen molar-refractivity contribution in [2.75, 3.05) is 42.0 Å². The van der Waals surface area contributed by atoms with Crippen molar-refractivity contribution < 1.29 is 18.1 Å². The molecule has 0 radical (unpaired) electrons. The van der Waals surface area contributed by atoms with Gasteiger partial charge in [-0.25, -0.2) is 0 Å². The Hall–Kier alpha value is 0.0169. The Balaban J connectivity index is 3.36. The molecule has 0 saturated carbocycles. The maximum Gasteiger partial charge on any atom is 0.500 e. The number of hydroxylamine groups is 2. The highest BCUT2D eigenvalue weighted by atomic mass is 28.4. The van der Waals surface area contributed by atoms with Crippen LogP contribution in [-0.4, -0.2) is 55.9 Å². The van der Waals surface area contributed by atoms with Crippen molar-refractivity contribution in [3.05, 3.63) is 0 Å². The third kappa shape index (κ3) is 10.4. The lowest BCUT2D eigenvalue weighted by atomic mass is 10.1. The second-order valence-corrected chi connectivity index (χ2v) is 8.50. The molecule has 0 atom stereocenters. The summed E-state index contributed by atoms with van der Waals surface area (Å²) in [6.07, 6.45) is 10.1. The number of rotatable bonds is 15. The van der Waals surface area contributed by atoms with Crippen LogP contribution in [0.2, 0.25) is 6.04 Å². The van der Waals surface area contributed by atoms with E-state index < -0.39 is 8.80 Å². The highest BCUT2D eigenvalue weighted by Gasteiger charge is 2.36. The van der Waals surface area contributed by atoms with E-state index in [4.69, 9.17) is 18.1 Å². The first-order chi connectivity index (χ1) is 10.1. The Morgan fingerprint density at radius 3 is 1.52 bits per heavy atom. The van der Waals surface area contributed by atoms with E-state index in [0.29, 0.717) is 0 Å². The third-order valence-electron chi connectivity index (χ3n) is 3.95. The fraction of sp³-hybridized carbons (Fsp3) is 1.00. The van der Waals surface area contributed by atoms with Gasteiger partial charge < -0.3 is 18.1 Å². The van der Waals surface area contributed by atoms with Crippen LogP contribution in [0, 0.1) is 0 Å². The lowest BCUT2D eigenvalue weighted by molar-refractivity contribution is -0.109. The third-order valence-corrected chi connectivity index (χ3v) is 6.78. The molecule has 0 aromatic heterocycles. The number of hydrogen-bond donors (Lipinski definition) is 0. The summed E-state index contributed by atoms with van der Waals surface area (Å²) in [4.78, 5) is 5.08. The highest BCUT2D eigenvalue weighted by molar-refractivity contribution is 6.60. The molecule has 21 heavy (non-hydrogen) atoms. The normalized spacial score (nSPS) is 12.3. The van der Waals surface area contributed by atoms with E-state index in [2.05, 4.69) is 0 Å². The molecule has 0 amide bonds. The van der Waals surface area contributed by atoms with Gasteiger partial charge in [-0.1, -0.05) is 38.5 Å². The van der Waals surface area contributed by atoms with Crippen molar-refractivity contribution in [2.24, 2.45) is 0 Å². The summed E-state index contributed by atoms with van der Waals surface area (Å²) in [7, 11) is 6.40. The molecule has 0 aliphatic carbocycles. The van der Waals surface area contributed by atoms with Gasteiger partial charge in [-0.15, -0.1) is 0 Å². The number of nitrogens with zero attached hydrogens (tertiary/aromatic N) is 1. The Morgan fingerprint density at radius 1 is 0.667 bits per heavy atom. The van der Waals surface area contributed by atoms with Gasteiger partial charge in [0.2, 0.25) is 0 Å². The number of hydrogen-bond acceptors (Lipinski definition) is 5. The van der Waals surface area contributed by atoms with Crippen LogP contribution < -0.4 is 0 Å². The molecule has 0 spiro atoms. The maximum absolute atomic E-state index is 5.42. The minimum atomic E-state index is -2.33. The summed E-state index contributed by atoms with van der Waals surface area (Å²) in [6, 6.07) is 0.917. The lowest BCUT2D eigenvalue weighted by Crippen LogP contribution is -2.42. The van der Waals surface area contributed by atoms with Gasteiger partial charge in [0.25, 0.3) is 0 Å². The van der Waals surface area contributed by atoms with Gasteiger partial charge >= 0.3 is 8.80 Å². The lowest BCUT2D eigenvalue weighted by Gasteiger charge is -2.24. The molecule has 0 bridgehead atoms. The highest BCUT2D eigenvalue weighted by Crippen LogP contribution is 2.18. The molecule has 6 heteroatoms. The quantitative estimate of drug-likeness (QED) is 0.262. The zero-order valence-corrected chi connectivity index (χ0v) is 15.7. The molecule has 0 saturated heterocycles. The van der Waals surface area contributed by atoms with Gasteiger partial charge in [-0.05, 0) is 12.8 Å². The molecular formula is C15H35NO4Si. The summed E-state index contributed by atoms with van der Waals surface area (Å²) >= 11 is 0. The largest absolute Gasteiger partial charge is 0.500 e. The van der Waals surface area contributed by atoms with Crippen molar-refractivity contribution in [3.8, 4) is 0 Å². The van der Waals surface area contributed by atoms with Crippen molar-refractivity contribution >= 4 is 8.80 Å². The van der Waals surface area contributed by atoms with Crippen molar-refractivity contribution in [1.29, 1.82) is 0 Å². The maximum atomic E-state index is 5.42. The summed E-state index contributed by atoms with van der Waals surface area (Å²) < 4.78 is 16.3. The van der Waals surface area contributed by atoms with Crippen LogP contribution in [0.1, 0.15) is 51.4 Å². The summed E-state index contributed by atoms with van der Waals surface area (Å²) in [5.41, 5.74) is 0. The standard InChI is InChI=1S/C15H35NO4Si/c1-16(17-2)14-12-10-8-6-7-9-11-13-15-21(18-3,19-4)20-5/h6-15H2,1-5H3. The summed E-state index contributed by atoms with van der Waals surface area (Å²) in [6.45, 7) is 1.02. The van der Waals surface area contributed by atoms with Crippen LogP contribution in [0.15, 0.2) is 0 Å². The average Bonchev–Trinajstić information content (AvgIpc) is 2.53. The Labute approximate surface area is 132 Å². The fourth-order valence-corrected chi connectivity index (χ4v) is 4.18. The van der Waals surface area contributed by atoms with Crippen LogP contribution in [0.3, 0.4) is 0 Å². The van der Waals surface area contributed by atoms with Gasteiger partial charge in [-0.3, -0.25) is 0 Å². The Morgan fingerprint density at radius 2 is 1.10 bits per heavy atom. The first-order valence-electron chi connectivity index (χ1n) is 8.04. The molecule has 0 aliphatic rings. The minimum absolute atomic E-state index is 0.917. The molecule has 0 aromatic carbocycles. The summed E-state index contributed by atoms with van der Waals surface area (Å²) in [5, 5.41) is 1.89. The molecular weight excluding hydrogens is 286 g/mol. The second kappa shape index (κ2) is 13.7. The van der Waals surface area contributed by atoms with E-state index in [1.165, 1.54) is 44.9 Å². The predicted octanol–water partition coefficient (Wildman–Crippen LogP) is 3.48. The predicted molar refractivity (Wildman–Crippen MR) is 88.2 cm³/mol. The molecule has 0 unspecified atom stereocenters. The van der Waals surface area contributed by atoms with Crippen LogP contribution in [0.5, 0.6) is 0 Å². The molecule has 0 heterocycles. The fourth-order valence-electron chi connectivity index (χ4n) is 2.38. The van der Waals surface area contributed by atoms with Gasteiger partial charge in [0.15, 0.2) is 0 Å². The second-order valence-electron chi connectivity index (χ2n) is 5.41. The van der Waals surface area contributed by atoms with Gasteiger partial charge in [0.1, 0.15) is 0 Å². The van der Waals surface area contributed by atoms with E-state index in [1.807, 2.05) is 12.1 Å². The molecule has 0 rings (SSSR count). The smallest absolute Gasteiger partial charge is 0.377 e. The zero-order chi connectivity index (χ0) is 16.0. The first kappa shape index (κ1) is 21.0. The summed E-state index contributed by atoms with van der Waals surface area (Å²) in [5.74, 6) is 0. The van der Waals surface area contributed by atoms with E-state index in [9.17, 15) is 0 Å². The number of unbranched alkanes of at least 4 members (excludes halogenated alkanes) is 7. The van der Waals surface area contributed by atoms with E-state index in [-0.39, 0.29) is 0 Å². The molecule has 0 fully saturated rings. The average molecular weight is 322 g/mol. The van der Waals surface area contributed by atoms with E-state index in [1.54, 1.807) is 28.4 Å². The monoisotopic (exact) mass is 321 g/mol. The van der Waals surface area contributed by atoms with Crippen molar-refractivity contribution in [3.63, 3.8) is 0 Å². The van der Waals surface area contributed by atoms with Gasteiger partial charge in [0, 0.05) is 41.0 Å².